The molecule has 0 unspecified atom stereocenters. The molecule has 2 aromatic carbocycles. The Morgan fingerprint density at radius 3 is 2.73 bits per heavy atom. The van der Waals surface area contributed by atoms with Crippen LogP contribution in [0.15, 0.2) is 78.6 Å². The first-order valence-corrected chi connectivity index (χ1v) is 9.85. The van der Waals surface area contributed by atoms with Crippen LogP contribution >= 0.6 is 0 Å². The van der Waals surface area contributed by atoms with E-state index in [1.54, 1.807) is 6.08 Å². The highest BCUT2D eigenvalue weighted by atomic mass is 16.1. The Kier molecular flexibility index (Phi) is 5.49. The largest absolute Gasteiger partial charge is 0.361 e. The molecule has 0 aliphatic heterocycles. The van der Waals surface area contributed by atoms with Crippen LogP contribution in [-0.4, -0.2) is 22.0 Å². The van der Waals surface area contributed by atoms with Crippen LogP contribution in [0.2, 0.25) is 0 Å². The Morgan fingerprint density at radius 2 is 1.93 bits per heavy atom. The fourth-order valence-corrected chi connectivity index (χ4v) is 3.60. The predicted octanol–water partition coefficient (Wildman–Crippen LogP) is 4.53. The van der Waals surface area contributed by atoms with E-state index in [4.69, 9.17) is 0 Å². The molecule has 0 fully saturated rings. The summed E-state index contributed by atoms with van der Waals surface area (Å²) in [6, 6.07) is 22.0. The van der Waals surface area contributed by atoms with Crippen molar-refractivity contribution in [3.63, 3.8) is 0 Å². The SMILES string of the molecule is Cc1cc(/C=C(\C#N)C(=O)NCCc2c[nH]c3ccccc23)cn1-c1ccccc1. The van der Waals surface area contributed by atoms with E-state index in [1.807, 2.05) is 84.6 Å². The van der Waals surface area contributed by atoms with Crippen molar-refractivity contribution in [3.05, 3.63) is 95.5 Å². The van der Waals surface area contributed by atoms with Gasteiger partial charge in [0.25, 0.3) is 5.91 Å². The lowest BCUT2D eigenvalue weighted by Crippen LogP contribution is -2.26. The standard InChI is InChI=1S/C25H22N4O/c1-18-13-19(17-29(18)22-7-3-2-4-8-22)14-21(15-26)25(30)27-12-11-20-16-28-24-10-6-5-9-23(20)24/h2-10,13-14,16-17,28H,11-12H2,1H3,(H,27,30)/b21-14+. The number of aryl methyl sites for hydroxylation is 1. The number of nitrogens with one attached hydrogen (secondary N) is 2. The lowest BCUT2D eigenvalue weighted by molar-refractivity contribution is -0.117. The van der Waals surface area contributed by atoms with Crippen LogP contribution < -0.4 is 5.32 Å². The molecule has 0 saturated heterocycles. The van der Waals surface area contributed by atoms with Crippen molar-refractivity contribution in [2.45, 2.75) is 13.3 Å². The van der Waals surface area contributed by atoms with Crippen molar-refractivity contribution in [1.82, 2.24) is 14.9 Å². The Labute approximate surface area is 175 Å². The van der Waals surface area contributed by atoms with Gasteiger partial charge in [-0.05, 0) is 54.8 Å². The Bertz CT molecular complexity index is 1260. The minimum atomic E-state index is -0.359. The fourth-order valence-electron chi connectivity index (χ4n) is 3.60. The normalized spacial score (nSPS) is 11.4. The van der Waals surface area contributed by atoms with Gasteiger partial charge in [0.05, 0.1) is 0 Å². The number of nitrogens with zero attached hydrogens (tertiary/aromatic N) is 2. The molecule has 5 heteroatoms. The monoisotopic (exact) mass is 394 g/mol. The molecule has 0 atom stereocenters. The van der Waals surface area contributed by atoms with Crippen LogP contribution in [0.5, 0.6) is 0 Å². The first kappa shape index (κ1) is 19.3. The van der Waals surface area contributed by atoms with Crippen LogP contribution in [0.3, 0.4) is 0 Å². The number of H-pyrrole nitrogens is 1. The van der Waals surface area contributed by atoms with Crippen LogP contribution in [0.25, 0.3) is 22.7 Å². The molecule has 2 aromatic heterocycles. The van der Waals surface area contributed by atoms with Crippen molar-refractivity contribution in [2.75, 3.05) is 6.54 Å². The molecule has 0 aliphatic rings. The van der Waals surface area contributed by atoms with E-state index in [-0.39, 0.29) is 11.5 Å². The van der Waals surface area contributed by atoms with Gasteiger partial charge < -0.3 is 14.9 Å². The van der Waals surface area contributed by atoms with Crippen molar-refractivity contribution < 1.29 is 4.79 Å². The lowest BCUT2D eigenvalue weighted by Gasteiger charge is -2.05. The van der Waals surface area contributed by atoms with Crippen LogP contribution in [0.4, 0.5) is 0 Å². The summed E-state index contributed by atoms with van der Waals surface area (Å²) in [7, 11) is 0. The molecule has 0 saturated carbocycles. The maximum atomic E-state index is 12.5. The number of hydrogen-bond acceptors (Lipinski definition) is 2. The first-order valence-electron chi connectivity index (χ1n) is 9.85. The summed E-state index contributed by atoms with van der Waals surface area (Å²) in [6.07, 6.45) is 6.22. The minimum Gasteiger partial charge on any atom is -0.361 e. The summed E-state index contributed by atoms with van der Waals surface area (Å²) < 4.78 is 2.04. The summed E-state index contributed by atoms with van der Waals surface area (Å²) in [5, 5.41) is 13.5. The summed E-state index contributed by atoms with van der Waals surface area (Å²) >= 11 is 0. The molecule has 0 aliphatic carbocycles. The van der Waals surface area contributed by atoms with Crippen LogP contribution in [0, 0.1) is 18.3 Å². The molecule has 0 bridgehead atoms. The average Bonchev–Trinajstić information content (AvgIpc) is 3.36. The molecule has 5 nitrogen and oxygen atoms in total. The van der Waals surface area contributed by atoms with E-state index in [2.05, 4.69) is 16.4 Å². The molecule has 30 heavy (non-hydrogen) atoms. The summed E-state index contributed by atoms with van der Waals surface area (Å²) in [4.78, 5) is 15.8. The summed E-state index contributed by atoms with van der Waals surface area (Å²) in [5.41, 5.74) is 5.21. The van der Waals surface area contributed by atoms with Crippen LogP contribution in [0.1, 0.15) is 16.8 Å². The number of hydrogen-bond donors (Lipinski definition) is 2. The quantitative estimate of drug-likeness (QED) is 0.372. The van der Waals surface area contributed by atoms with Gasteiger partial charge in [-0.15, -0.1) is 0 Å². The van der Waals surface area contributed by atoms with Gasteiger partial charge in [0, 0.05) is 41.2 Å². The smallest absolute Gasteiger partial charge is 0.261 e. The van der Waals surface area contributed by atoms with Crippen LogP contribution in [-0.2, 0) is 11.2 Å². The zero-order valence-corrected chi connectivity index (χ0v) is 16.7. The number of amides is 1. The van der Waals surface area contributed by atoms with E-state index in [0.717, 1.165) is 33.4 Å². The Balaban J connectivity index is 1.44. The highest BCUT2D eigenvalue weighted by molar-refractivity contribution is 6.01. The van der Waals surface area contributed by atoms with Gasteiger partial charge in [-0.25, -0.2) is 0 Å². The Morgan fingerprint density at radius 1 is 1.17 bits per heavy atom. The van der Waals surface area contributed by atoms with Crippen molar-refractivity contribution in [2.24, 2.45) is 0 Å². The molecule has 0 radical (unpaired) electrons. The van der Waals surface area contributed by atoms with Gasteiger partial charge in [0.15, 0.2) is 0 Å². The zero-order valence-electron chi connectivity index (χ0n) is 16.7. The van der Waals surface area contributed by atoms with Gasteiger partial charge in [-0.2, -0.15) is 5.26 Å². The second kappa shape index (κ2) is 8.54. The van der Waals surface area contributed by atoms with Gasteiger partial charge in [0.1, 0.15) is 11.6 Å². The topological polar surface area (TPSA) is 73.6 Å². The molecule has 2 N–H and O–H groups in total. The number of carbonyl (C=O) groups is 1. The lowest BCUT2D eigenvalue weighted by atomic mass is 10.1. The number of rotatable bonds is 6. The predicted molar refractivity (Wildman–Crippen MR) is 119 cm³/mol. The number of nitriles is 1. The van der Waals surface area contributed by atoms with Gasteiger partial charge in [-0.3, -0.25) is 4.79 Å². The summed E-state index contributed by atoms with van der Waals surface area (Å²) in [6.45, 7) is 2.46. The van der Waals surface area contributed by atoms with Crippen molar-refractivity contribution >= 4 is 22.9 Å². The highest BCUT2D eigenvalue weighted by Crippen LogP contribution is 2.19. The third kappa shape index (κ3) is 4.03. The van der Waals surface area contributed by atoms with Gasteiger partial charge in [0.2, 0.25) is 0 Å². The highest BCUT2D eigenvalue weighted by Gasteiger charge is 2.11. The summed E-state index contributed by atoms with van der Waals surface area (Å²) in [5.74, 6) is -0.359. The average molecular weight is 394 g/mol. The maximum Gasteiger partial charge on any atom is 0.261 e. The number of benzene rings is 2. The van der Waals surface area contributed by atoms with E-state index >= 15 is 0 Å². The second-order valence-corrected chi connectivity index (χ2v) is 7.16. The molecular weight excluding hydrogens is 372 g/mol. The molecular formula is C25H22N4O. The Hall–Kier alpha value is -4.04. The minimum absolute atomic E-state index is 0.0964. The van der Waals surface area contributed by atoms with Crippen molar-refractivity contribution in [3.8, 4) is 11.8 Å². The second-order valence-electron chi connectivity index (χ2n) is 7.16. The van der Waals surface area contributed by atoms with E-state index in [1.165, 1.54) is 0 Å². The third-order valence-electron chi connectivity index (χ3n) is 5.10. The number of para-hydroxylation sites is 2. The number of fused-ring (bicyclic) bond motifs is 1. The molecule has 1 amide bonds. The van der Waals surface area contributed by atoms with Crippen molar-refractivity contribution in [1.29, 1.82) is 5.26 Å². The first-order chi connectivity index (χ1) is 14.7. The molecule has 0 spiro atoms. The zero-order chi connectivity index (χ0) is 20.9. The van der Waals surface area contributed by atoms with Gasteiger partial charge in [-0.1, -0.05) is 36.4 Å². The molecule has 4 rings (SSSR count). The number of carbonyl (C=O) groups excluding carboxylic acids is 1. The van der Waals surface area contributed by atoms with E-state index in [9.17, 15) is 10.1 Å². The number of aromatic amines is 1. The molecule has 2 heterocycles. The third-order valence-corrected chi connectivity index (χ3v) is 5.10. The molecule has 148 valence electrons. The van der Waals surface area contributed by atoms with Gasteiger partial charge >= 0.3 is 0 Å². The number of aromatic nitrogens is 2. The fraction of sp³-hybridized carbons (Fsp3) is 0.120. The van der Waals surface area contributed by atoms with E-state index in [0.29, 0.717) is 13.0 Å². The van der Waals surface area contributed by atoms with E-state index < -0.39 is 0 Å². The molecule has 4 aromatic rings. The maximum absolute atomic E-state index is 12.5.